The van der Waals surface area contributed by atoms with E-state index < -0.39 is 8.07 Å². The third-order valence-corrected chi connectivity index (χ3v) is 4.95. The van der Waals surface area contributed by atoms with Gasteiger partial charge in [0.15, 0.2) is 0 Å². The number of halogens is 2. The zero-order valence-electron chi connectivity index (χ0n) is 8.41. The number of rotatable bonds is 1. The van der Waals surface area contributed by atoms with Gasteiger partial charge in [-0.15, -0.1) is 0 Å². The lowest BCUT2D eigenvalue weighted by Gasteiger charge is -2.18. The van der Waals surface area contributed by atoms with E-state index in [9.17, 15) is 0 Å². The molecule has 0 amide bonds. The molecule has 0 nitrogen and oxygen atoms in total. The maximum absolute atomic E-state index is 6.06. The van der Waals surface area contributed by atoms with Crippen LogP contribution in [0.5, 0.6) is 0 Å². The molecule has 0 aliphatic heterocycles. The molecule has 0 aliphatic carbocycles. The fraction of sp³-hybridized carbons (Fsp3) is 0.400. The van der Waals surface area contributed by atoms with Gasteiger partial charge in [-0.25, -0.2) is 0 Å². The van der Waals surface area contributed by atoms with Crippen molar-refractivity contribution in [1.82, 2.24) is 0 Å². The van der Waals surface area contributed by atoms with Crippen LogP contribution in [0.15, 0.2) is 12.1 Å². The van der Waals surface area contributed by atoms with Crippen LogP contribution in [0.3, 0.4) is 0 Å². The van der Waals surface area contributed by atoms with E-state index >= 15 is 0 Å². The van der Waals surface area contributed by atoms with Crippen LogP contribution in [0.1, 0.15) is 5.56 Å². The topological polar surface area (TPSA) is 0 Å². The van der Waals surface area contributed by atoms with Crippen LogP contribution in [-0.4, -0.2) is 8.07 Å². The molecule has 0 bridgehead atoms. The zero-order chi connectivity index (χ0) is 10.2. The average Bonchev–Trinajstić information content (AvgIpc) is 1.97. The number of hydrogen-bond acceptors (Lipinski definition) is 0. The Kier molecular flexibility index (Phi) is 3.11. The summed E-state index contributed by atoms with van der Waals surface area (Å²) in [6.07, 6.45) is 0. The van der Waals surface area contributed by atoms with Gasteiger partial charge in [0.05, 0.1) is 8.07 Å². The molecule has 1 aromatic rings. The predicted octanol–water partition coefficient (Wildman–Crippen LogP) is 3.85. The van der Waals surface area contributed by atoms with Gasteiger partial charge in [0.1, 0.15) is 0 Å². The van der Waals surface area contributed by atoms with Gasteiger partial charge >= 0.3 is 0 Å². The summed E-state index contributed by atoms with van der Waals surface area (Å²) in [5.74, 6) is 0. The minimum atomic E-state index is -1.29. The molecule has 13 heavy (non-hydrogen) atoms. The smallest absolute Gasteiger partial charge is 0.0777 e. The van der Waals surface area contributed by atoms with Crippen molar-refractivity contribution in [3.8, 4) is 0 Å². The maximum atomic E-state index is 6.06. The minimum Gasteiger partial charge on any atom is -0.0840 e. The Morgan fingerprint density at radius 2 is 1.38 bits per heavy atom. The van der Waals surface area contributed by atoms with Crippen molar-refractivity contribution in [2.45, 2.75) is 26.6 Å². The highest BCUT2D eigenvalue weighted by Crippen LogP contribution is 2.23. The summed E-state index contributed by atoms with van der Waals surface area (Å²) in [4.78, 5) is 0. The molecule has 0 saturated carbocycles. The first kappa shape index (κ1) is 11.1. The fourth-order valence-electron chi connectivity index (χ4n) is 1.08. The number of hydrogen-bond donors (Lipinski definition) is 0. The van der Waals surface area contributed by atoms with Crippen LogP contribution in [0.25, 0.3) is 0 Å². The highest BCUT2D eigenvalue weighted by atomic mass is 35.5. The van der Waals surface area contributed by atoms with Crippen molar-refractivity contribution in [3.63, 3.8) is 0 Å². The molecule has 0 radical (unpaired) electrons. The molecular weight excluding hydrogens is 219 g/mol. The first-order chi connectivity index (χ1) is 5.82. The van der Waals surface area contributed by atoms with E-state index in [0.717, 1.165) is 15.6 Å². The lowest BCUT2D eigenvalue weighted by atomic mass is 10.2. The van der Waals surface area contributed by atoms with Gasteiger partial charge < -0.3 is 0 Å². The second-order valence-corrected chi connectivity index (χ2v) is 10.2. The van der Waals surface area contributed by atoms with Gasteiger partial charge in [-0.2, -0.15) is 0 Å². The minimum absolute atomic E-state index is 0.782. The maximum Gasteiger partial charge on any atom is 0.0777 e. The van der Waals surface area contributed by atoms with Crippen molar-refractivity contribution in [2.24, 2.45) is 0 Å². The Balaban J connectivity index is 3.29. The molecule has 0 unspecified atom stereocenters. The molecule has 0 fully saturated rings. The van der Waals surface area contributed by atoms with E-state index in [1.54, 1.807) is 0 Å². The highest BCUT2D eigenvalue weighted by molar-refractivity contribution is 6.88. The summed E-state index contributed by atoms with van der Waals surface area (Å²) >= 11 is 12.1. The summed E-state index contributed by atoms with van der Waals surface area (Å²) < 4.78 is 0. The number of benzene rings is 1. The van der Waals surface area contributed by atoms with Crippen molar-refractivity contribution >= 4 is 36.5 Å². The van der Waals surface area contributed by atoms with Gasteiger partial charge in [0.2, 0.25) is 0 Å². The van der Waals surface area contributed by atoms with Crippen LogP contribution in [0, 0.1) is 6.92 Å². The summed E-state index contributed by atoms with van der Waals surface area (Å²) in [6.45, 7) is 8.79. The lowest BCUT2D eigenvalue weighted by Crippen LogP contribution is -2.37. The molecule has 0 spiro atoms. The van der Waals surface area contributed by atoms with E-state index in [1.165, 1.54) is 5.19 Å². The summed E-state index contributed by atoms with van der Waals surface area (Å²) in [5.41, 5.74) is 0.977. The summed E-state index contributed by atoms with van der Waals surface area (Å²) in [5, 5.41) is 2.88. The van der Waals surface area contributed by atoms with E-state index in [-0.39, 0.29) is 0 Å². The summed E-state index contributed by atoms with van der Waals surface area (Å²) in [6, 6.07) is 4.10. The molecule has 0 saturated heterocycles. The van der Waals surface area contributed by atoms with Crippen molar-refractivity contribution in [3.05, 3.63) is 27.7 Å². The second-order valence-electron chi connectivity index (χ2n) is 4.31. The standard InChI is InChI=1S/C10H14Cl2Si/c1-7-9(11)5-8(6-10(7)12)13(2,3)4/h5-6H,1-4H3. The first-order valence-electron chi connectivity index (χ1n) is 4.28. The van der Waals surface area contributed by atoms with Crippen LogP contribution in [0.2, 0.25) is 29.7 Å². The Labute approximate surface area is 90.9 Å². The molecule has 0 aliphatic rings. The lowest BCUT2D eigenvalue weighted by molar-refractivity contribution is 1.48. The molecule has 0 heterocycles. The molecule has 0 N–H and O–H groups in total. The summed E-state index contributed by atoms with van der Waals surface area (Å²) in [7, 11) is -1.29. The molecule has 1 aromatic carbocycles. The normalized spacial score (nSPS) is 11.8. The van der Waals surface area contributed by atoms with Crippen molar-refractivity contribution in [2.75, 3.05) is 0 Å². The molecule has 0 aromatic heterocycles. The van der Waals surface area contributed by atoms with Gasteiger partial charge in [0, 0.05) is 10.0 Å². The quantitative estimate of drug-likeness (QED) is 0.646. The highest BCUT2D eigenvalue weighted by Gasteiger charge is 2.18. The molecule has 72 valence electrons. The van der Waals surface area contributed by atoms with Crippen molar-refractivity contribution in [1.29, 1.82) is 0 Å². The third-order valence-electron chi connectivity index (χ3n) is 2.15. The SMILES string of the molecule is Cc1c(Cl)cc([Si](C)(C)C)cc1Cl. The Morgan fingerprint density at radius 1 is 1.00 bits per heavy atom. The predicted molar refractivity (Wildman–Crippen MR) is 64.2 cm³/mol. The zero-order valence-corrected chi connectivity index (χ0v) is 10.9. The Bertz CT molecular complexity index is 303. The van der Waals surface area contributed by atoms with E-state index in [4.69, 9.17) is 23.2 Å². The van der Waals surface area contributed by atoms with Crippen molar-refractivity contribution < 1.29 is 0 Å². The second kappa shape index (κ2) is 3.64. The van der Waals surface area contributed by atoms with E-state index in [0.29, 0.717) is 0 Å². The van der Waals surface area contributed by atoms with Crippen LogP contribution in [0.4, 0.5) is 0 Å². The van der Waals surface area contributed by atoms with Crippen LogP contribution < -0.4 is 5.19 Å². The van der Waals surface area contributed by atoms with Crippen LogP contribution >= 0.6 is 23.2 Å². The fourth-order valence-corrected chi connectivity index (χ4v) is 2.90. The van der Waals surface area contributed by atoms with E-state index in [1.807, 2.05) is 6.92 Å². The molecule has 0 atom stereocenters. The first-order valence-corrected chi connectivity index (χ1v) is 8.54. The van der Waals surface area contributed by atoms with Gasteiger partial charge in [-0.1, -0.05) is 48.0 Å². The van der Waals surface area contributed by atoms with Gasteiger partial charge in [0.25, 0.3) is 0 Å². The average molecular weight is 233 g/mol. The monoisotopic (exact) mass is 232 g/mol. The molecule has 3 heteroatoms. The van der Waals surface area contributed by atoms with E-state index in [2.05, 4.69) is 31.8 Å². The van der Waals surface area contributed by atoms with Crippen LogP contribution in [-0.2, 0) is 0 Å². The Hall–Kier alpha value is 0.0169. The largest absolute Gasteiger partial charge is 0.0840 e. The molecular formula is C10H14Cl2Si. The molecule has 1 rings (SSSR count). The van der Waals surface area contributed by atoms with Gasteiger partial charge in [-0.05, 0) is 24.6 Å². The Morgan fingerprint density at radius 3 is 1.69 bits per heavy atom. The third kappa shape index (κ3) is 2.49. The van der Waals surface area contributed by atoms with Gasteiger partial charge in [-0.3, -0.25) is 0 Å².